The number of anilines is 4. The van der Waals surface area contributed by atoms with Crippen molar-refractivity contribution in [1.82, 2.24) is 19.9 Å². The molecule has 0 radical (unpaired) electrons. The molecular weight excluding hydrogens is 492 g/mol. The number of benzene rings is 1. The van der Waals surface area contributed by atoms with E-state index < -0.39 is 5.91 Å². The fourth-order valence-electron chi connectivity index (χ4n) is 5.86. The van der Waals surface area contributed by atoms with E-state index in [1.54, 1.807) is 6.20 Å². The number of aryl methyl sites for hydroxylation is 1. The van der Waals surface area contributed by atoms with Crippen molar-refractivity contribution >= 4 is 28.9 Å². The van der Waals surface area contributed by atoms with Crippen LogP contribution in [-0.2, 0) is 4.74 Å². The van der Waals surface area contributed by atoms with Crippen LogP contribution in [0.5, 0.6) is 0 Å². The number of nitrogens with two attached hydrogens (primary N) is 1. The molecule has 10 nitrogen and oxygen atoms in total. The van der Waals surface area contributed by atoms with Gasteiger partial charge in [-0.25, -0.2) is 9.97 Å². The minimum absolute atomic E-state index is 0.000571. The third-order valence-corrected chi connectivity index (χ3v) is 8.33. The summed E-state index contributed by atoms with van der Waals surface area (Å²) in [4.78, 5) is 34.0. The van der Waals surface area contributed by atoms with Gasteiger partial charge in [0.25, 0.3) is 5.91 Å². The fraction of sp³-hybridized carbons (Fsp3) is 0.448. The number of hydrogen-bond acceptors (Lipinski definition) is 9. The Morgan fingerprint density at radius 3 is 2.38 bits per heavy atom. The topological polar surface area (TPSA) is 113 Å². The highest BCUT2D eigenvalue weighted by Crippen LogP contribution is 2.45. The van der Waals surface area contributed by atoms with Gasteiger partial charge in [0, 0.05) is 80.3 Å². The highest BCUT2D eigenvalue weighted by molar-refractivity contribution is 5.98. The SMILES string of the molecule is Cc1cc(-c2nc(C(N)=O)c(Nc3ccc(N4CCN(C)CC4)cc3)nc2N2CCC23CCOCC3)ccn1. The van der Waals surface area contributed by atoms with Gasteiger partial charge >= 0.3 is 0 Å². The van der Waals surface area contributed by atoms with Crippen molar-refractivity contribution < 1.29 is 9.53 Å². The third kappa shape index (κ3) is 5.02. The quantitative estimate of drug-likeness (QED) is 0.498. The van der Waals surface area contributed by atoms with Gasteiger partial charge in [-0.05, 0) is 69.6 Å². The van der Waals surface area contributed by atoms with Gasteiger partial charge in [-0.3, -0.25) is 9.78 Å². The molecule has 1 spiro atoms. The van der Waals surface area contributed by atoms with Gasteiger partial charge in [0.1, 0.15) is 5.69 Å². The molecule has 0 aliphatic carbocycles. The van der Waals surface area contributed by atoms with Crippen LogP contribution in [0.25, 0.3) is 11.3 Å². The first-order valence-corrected chi connectivity index (χ1v) is 13.7. The average Bonchev–Trinajstić information content (AvgIpc) is 2.94. The largest absolute Gasteiger partial charge is 0.381 e. The standard InChI is InChI=1S/C29H36N8O2/c1-20-19-21(7-11-31-20)24-28(37-12-8-29(37)9-17-39-18-10-29)34-27(25(33-24)26(30)38)32-22-3-5-23(6-4-22)36-15-13-35(2)14-16-36/h3-7,11,19H,8-10,12-18H2,1-2H3,(H2,30,38)(H,32,34). The van der Waals surface area contributed by atoms with E-state index in [4.69, 9.17) is 20.4 Å². The maximum absolute atomic E-state index is 12.6. The second-order valence-electron chi connectivity index (χ2n) is 10.8. The van der Waals surface area contributed by atoms with Gasteiger partial charge in [0.05, 0.1) is 0 Å². The van der Waals surface area contributed by atoms with Gasteiger partial charge in [-0.1, -0.05) is 0 Å². The number of likely N-dealkylation sites (N-methyl/N-ethyl adjacent to an activating group) is 1. The highest BCUT2D eigenvalue weighted by atomic mass is 16.5. The number of pyridine rings is 1. The second kappa shape index (κ2) is 10.4. The van der Waals surface area contributed by atoms with Crippen LogP contribution in [0, 0.1) is 6.92 Å². The lowest BCUT2D eigenvalue weighted by Gasteiger charge is -2.55. The zero-order valence-corrected chi connectivity index (χ0v) is 22.7. The summed E-state index contributed by atoms with van der Waals surface area (Å²) in [6.45, 7) is 8.39. The summed E-state index contributed by atoms with van der Waals surface area (Å²) in [5, 5.41) is 3.35. The van der Waals surface area contributed by atoms with Crippen molar-refractivity contribution in [2.75, 3.05) is 68.1 Å². The van der Waals surface area contributed by atoms with E-state index in [0.717, 1.165) is 88.0 Å². The molecule has 3 aliphatic rings. The van der Waals surface area contributed by atoms with Crippen molar-refractivity contribution in [3.63, 3.8) is 0 Å². The number of amides is 1. The Kier molecular flexibility index (Phi) is 6.82. The average molecular weight is 529 g/mol. The summed E-state index contributed by atoms with van der Waals surface area (Å²) >= 11 is 0. The smallest absolute Gasteiger partial charge is 0.271 e. The van der Waals surface area contributed by atoms with Crippen molar-refractivity contribution in [3.05, 3.63) is 54.0 Å². The van der Waals surface area contributed by atoms with Crippen LogP contribution in [-0.4, -0.2) is 84.3 Å². The maximum atomic E-state index is 12.6. The Labute approximate surface area is 229 Å². The molecule has 0 atom stereocenters. The van der Waals surface area contributed by atoms with E-state index >= 15 is 0 Å². The van der Waals surface area contributed by atoms with E-state index in [1.165, 1.54) is 5.69 Å². The molecule has 6 rings (SSSR count). The predicted molar refractivity (Wildman–Crippen MR) is 153 cm³/mol. The lowest BCUT2D eigenvalue weighted by Crippen LogP contribution is -2.63. The molecule has 10 heteroatoms. The molecule has 5 heterocycles. The van der Waals surface area contributed by atoms with E-state index in [-0.39, 0.29) is 11.2 Å². The second-order valence-corrected chi connectivity index (χ2v) is 10.8. The van der Waals surface area contributed by atoms with Crippen molar-refractivity contribution in [1.29, 1.82) is 0 Å². The molecule has 1 aromatic carbocycles. The van der Waals surface area contributed by atoms with E-state index in [1.807, 2.05) is 31.2 Å². The molecule has 3 aliphatic heterocycles. The van der Waals surface area contributed by atoms with Crippen LogP contribution < -0.4 is 20.9 Å². The minimum atomic E-state index is -0.623. The van der Waals surface area contributed by atoms with E-state index in [9.17, 15) is 4.79 Å². The Morgan fingerprint density at radius 2 is 1.74 bits per heavy atom. The lowest BCUT2D eigenvalue weighted by molar-refractivity contribution is 0.0285. The van der Waals surface area contributed by atoms with Crippen LogP contribution >= 0.6 is 0 Å². The molecule has 2 aromatic heterocycles. The number of nitrogens with one attached hydrogen (secondary N) is 1. The Balaban J connectivity index is 1.37. The Bertz CT molecular complexity index is 1350. The van der Waals surface area contributed by atoms with Gasteiger partial charge in [-0.2, -0.15) is 0 Å². The first-order valence-electron chi connectivity index (χ1n) is 13.7. The predicted octanol–water partition coefficient (Wildman–Crippen LogP) is 3.20. The van der Waals surface area contributed by atoms with Crippen LogP contribution in [0.4, 0.5) is 23.0 Å². The minimum Gasteiger partial charge on any atom is -0.381 e. The summed E-state index contributed by atoms with van der Waals surface area (Å²) in [7, 11) is 2.15. The molecule has 39 heavy (non-hydrogen) atoms. The number of carbonyl (C=O) groups is 1. The first-order chi connectivity index (χ1) is 18.9. The van der Waals surface area contributed by atoms with Gasteiger partial charge in [-0.15, -0.1) is 0 Å². The summed E-state index contributed by atoms with van der Waals surface area (Å²) in [6, 6.07) is 12.1. The summed E-state index contributed by atoms with van der Waals surface area (Å²) < 4.78 is 5.68. The van der Waals surface area contributed by atoms with Crippen molar-refractivity contribution in [2.24, 2.45) is 5.73 Å². The molecule has 0 unspecified atom stereocenters. The molecule has 3 N–H and O–H groups in total. The number of ether oxygens (including phenoxy) is 1. The molecule has 204 valence electrons. The molecule has 3 fully saturated rings. The number of primary amides is 1. The van der Waals surface area contributed by atoms with Gasteiger partial charge in [0.15, 0.2) is 17.3 Å². The number of carbonyl (C=O) groups excluding carboxylic acids is 1. The molecule has 0 saturated carbocycles. The molecular formula is C29H36N8O2. The van der Waals surface area contributed by atoms with Crippen LogP contribution in [0.15, 0.2) is 42.6 Å². The maximum Gasteiger partial charge on any atom is 0.271 e. The Morgan fingerprint density at radius 1 is 1.00 bits per heavy atom. The number of rotatable bonds is 6. The number of piperazine rings is 1. The zero-order chi connectivity index (χ0) is 27.0. The molecule has 3 saturated heterocycles. The molecule has 0 bridgehead atoms. The van der Waals surface area contributed by atoms with E-state index in [0.29, 0.717) is 11.5 Å². The fourth-order valence-corrected chi connectivity index (χ4v) is 5.86. The van der Waals surface area contributed by atoms with Crippen LogP contribution in [0.1, 0.15) is 35.4 Å². The van der Waals surface area contributed by atoms with Gasteiger partial charge < -0.3 is 30.5 Å². The third-order valence-electron chi connectivity index (χ3n) is 8.33. The normalized spacial score (nSPS) is 19.1. The number of hydrogen-bond donors (Lipinski definition) is 2. The first kappa shape index (κ1) is 25.5. The lowest BCUT2D eigenvalue weighted by atomic mass is 9.77. The van der Waals surface area contributed by atoms with Crippen molar-refractivity contribution in [3.8, 4) is 11.3 Å². The van der Waals surface area contributed by atoms with Crippen molar-refractivity contribution in [2.45, 2.75) is 31.7 Å². The summed E-state index contributed by atoms with van der Waals surface area (Å²) in [5.74, 6) is 0.505. The highest BCUT2D eigenvalue weighted by Gasteiger charge is 2.47. The molecule has 3 aromatic rings. The Hall–Kier alpha value is -3.76. The number of aromatic nitrogens is 3. The van der Waals surface area contributed by atoms with Gasteiger partial charge in [0.2, 0.25) is 0 Å². The summed E-state index contributed by atoms with van der Waals surface area (Å²) in [6.07, 6.45) is 4.73. The summed E-state index contributed by atoms with van der Waals surface area (Å²) in [5.41, 5.74) is 10.4. The van der Waals surface area contributed by atoms with E-state index in [2.05, 4.69) is 44.2 Å². The number of nitrogens with zero attached hydrogens (tertiary/aromatic N) is 6. The monoisotopic (exact) mass is 528 g/mol. The zero-order valence-electron chi connectivity index (χ0n) is 22.7. The van der Waals surface area contributed by atoms with Crippen LogP contribution in [0.2, 0.25) is 0 Å². The van der Waals surface area contributed by atoms with Crippen LogP contribution in [0.3, 0.4) is 0 Å². The molecule has 1 amide bonds.